The standard InChI is InChI=1S/C26H25N3O2S2/c1-4-13-28-25(30)23(33-26(28)32)16-19-17-29(20-9-7-6-8-10-20)27-24(19)22-12-11-21(15-18(22)3)31-14-5-2/h5-12,15-17H,2,4,13-14H2,1,3H3/b23-16-. The first-order valence-corrected chi connectivity index (χ1v) is 12.0. The van der Waals surface area contributed by atoms with Crippen molar-refractivity contribution in [2.45, 2.75) is 20.3 Å². The van der Waals surface area contributed by atoms with Crippen molar-refractivity contribution in [3.05, 3.63) is 83.4 Å². The highest BCUT2D eigenvalue weighted by Gasteiger charge is 2.31. The summed E-state index contributed by atoms with van der Waals surface area (Å²) in [6.07, 6.45) is 6.44. The third kappa shape index (κ3) is 4.94. The van der Waals surface area contributed by atoms with Crippen LogP contribution >= 0.6 is 24.0 Å². The Hall–Kier alpha value is -3.16. The quantitative estimate of drug-likeness (QED) is 0.226. The summed E-state index contributed by atoms with van der Waals surface area (Å²) in [5.74, 6) is 0.732. The fourth-order valence-corrected chi connectivity index (χ4v) is 4.92. The first-order valence-electron chi connectivity index (χ1n) is 10.8. The van der Waals surface area contributed by atoms with Gasteiger partial charge in [0.15, 0.2) is 0 Å². The van der Waals surface area contributed by atoms with Crippen LogP contribution in [-0.4, -0.2) is 38.1 Å². The van der Waals surface area contributed by atoms with E-state index in [0.717, 1.165) is 40.2 Å². The molecule has 1 fully saturated rings. The lowest BCUT2D eigenvalue weighted by Crippen LogP contribution is -2.28. The van der Waals surface area contributed by atoms with E-state index in [1.165, 1.54) is 11.8 Å². The number of aryl methyl sites for hydroxylation is 1. The average Bonchev–Trinajstić information content (AvgIpc) is 3.35. The highest BCUT2D eigenvalue weighted by molar-refractivity contribution is 8.26. The molecular formula is C26H25N3O2S2. The van der Waals surface area contributed by atoms with Crippen LogP contribution in [0.1, 0.15) is 24.5 Å². The maximum atomic E-state index is 12.9. The molecule has 1 aliphatic rings. The Kier molecular flexibility index (Phi) is 7.11. The highest BCUT2D eigenvalue weighted by Crippen LogP contribution is 2.36. The molecule has 1 amide bonds. The first kappa shape index (κ1) is 23.0. The molecule has 1 aliphatic heterocycles. The number of nitrogens with zero attached hydrogens (tertiary/aromatic N) is 3. The molecule has 0 atom stereocenters. The molecule has 0 spiro atoms. The van der Waals surface area contributed by atoms with E-state index in [-0.39, 0.29) is 5.91 Å². The Bertz CT molecular complexity index is 1230. The van der Waals surface area contributed by atoms with Crippen LogP contribution in [0.3, 0.4) is 0 Å². The number of carbonyl (C=O) groups excluding carboxylic acids is 1. The van der Waals surface area contributed by atoms with Crippen LogP contribution in [0, 0.1) is 6.92 Å². The summed E-state index contributed by atoms with van der Waals surface area (Å²) in [5.41, 5.74) is 4.61. The minimum Gasteiger partial charge on any atom is -0.490 e. The first-order chi connectivity index (χ1) is 16.0. The largest absolute Gasteiger partial charge is 0.490 e. The van der Waals surface area contributed by atoms with E-state index in [4.69, 9.17) is 22.1 Å². The van der Waals surface area contributed by atoms with Crippen LogP contribution in [0.5, 0.6) is 5.75 Å². The van der Waals surface area contributed by atoms with Crippen molar-refractivity contribution < 1.29 is 9.53 Å². The van der Waals surface area contributed by atoms with E-state index >= 15 is 0 Å². The van der Waals surface area contributed by atoms with Gasteiger partial charge in [0, 0.05) is 23.9 Å². The number of benzene rings is 2. The Balaban J connectivity index is 1.79. The van der Waals surface area contributed by atoms with Crippen LogP contribution in [-0.2, 0) is 4.79 Å². The summed E-state index contributed by atoms with van der Waals surface area (Å²) in [7, 11) is 0. The number of hydrogen-bond acceptors (Lipinski definition) is 5. The molecule has 0 bridgehead atoms. The molecule has 5 nitrogen and oxygen atoms in total. The van der Waals surface area contributed by atoms with Crippen LogP contribution in [0.25, 0.3) is 23.0 Å². The molecular weight excluding hydrogens is 450 g/mol. The normalized spacial score (nSPS) is 14.8. The summed E-state index contributed by atoms with van der Waals surface area (Å²) in [4.78, 5) is 15.2. The van der Waals surface area contributed by atoms with Crippen molar-refractivity contribution in [3.8, 4) is 22.7 Å². The Morgan fingerprint density at radius 3 is 2.70 bits per heavy atom. The number of thiocarbonyl (C=S) groups is 1. The number of carbonyl (C=O) groups is 1. The molecule has 0 radical (unpaired) electrons. The molecule has 0 N–H and O–H groups in total. The van der Waals surface area contributed by atoms with E-state index in [1.54, 1.807) is 11.0 Å². The molecule has 0 saturated carbocycles. The lowest BCUT2D eigenvalue weighted by Gasteiger charge is -2.12. The maximum Gasteiger partial charge on any atom is 0.266 e. The molecule has 7 heteroatoms. The fourth-order valence-electron chi connectivity index (χ4n) is 3.62. The van der Waals surface area contributed by atoms with Crippen molar-refractivity contribution in [3.63, 3.8) is 0 Å². The van der Waals surface area contributed by atoms with Gasteiger partial charge in [-0.15, -0.1) is 0 Å². The van der Waals surface area contributed by atoms with Gasteiger partial charge in [-0.1, -0.05) is 61.8 Å². The third-order valence-corrected chi connectivity index (χ3v) is 6.57. The van der Waals surface area contributed by atoms with Crippen LogP contribution in [0.2, 0.25) is 0 Å². The lowest BCUT2D eigenvalue weighted by molar-refractivity contribution is -0.122. The molecule has 0 unspecified atom stereocenters. The number of hydrogen-bond donors (Lipinski definition) is 0. The zero-order chi connectivity index (χ0) is 23.4. The van der Waals surface area contributed by atoms with Crippen LogP contribution in [0.4, 0.5) is 0 Å². The second kappa shape index (κ2) is 10.2. The average molecular weight is 476 g/mol. The molecule has 168 valence electrons. The number of aromatic nitrogens is 2. The Labute approximate surface area is 203 Å². The third-order valence-electron chi connectivity index (χ3n) is 5.19. The van der Waals surface area contributed by atoms with Gasteiger partial charge in [0.2, 0.25) is 0 Å². The summed E-state index contributed by atoms with van der Waals surface area (Å²) < 4.78 is 8.12. The Morgan fingerprint density at radius 1 is 1.21 bits per heavy atom. The Morgan fingerprint density at radius 2 is 2.00 bits per heavy atom. The second-order valence-corrected chi connectivity index (χ2v) is 9.30. The van der Waals surface area contributed by atoms with Gasteiger partial charge in [-0.2, -0.15) is 5.10 Å². The lowest BCUT2D eigenvalue weighted by atomic mass is 10.0. The van der Waals surface area contributed by atoms with Crippen molar-refractivity contribution in [2.24, 2.45) is 0 Å². The monoisotopic (exact) mass is 475 g/mol. The number of rotatable bonds is 8. The number of para-hydroxylation sites is 1. The van der Waals surface area contributed by atoms with E-state index < -0.39 is 0 Å². The van der Waals surface area contributed by atoms with Gasteiger partial charge in [-0.05, 0) is 55.3 Å². The van der Waals surface area contributed by atoms with Gasteiger partial charge in [0.25, 0.3) is 5.91 Å². The predicted molar refractivity (Wildman–Crippen MR) is 140 cm³/mol. The number of ether oxygens (including phenoxy) is 1. The number of amides is 1. The molecule has 4 rings (SSSR count). The van der Waals surface area contributed by atoms with Gasteiger partial charge < -0.3 is 4.74 Å². The van der Waals surface area contributed by atoms with Gasteiger partial charge in [-0.3, -0.25) is 9.69 Å². The van der Waals surface area contributed by atoms with E-state index in [2.05, 4.69) is 6.58 Å². The molecule has 0 aliphatic carbocycles. The minimum atomic E-state index is -0.0462. The molecule has 2 aromatic carbocycles. The SMILES string of the molecule is C=CCOc1ccc(-c2nn(-c3ccccc3)cc2/C=C2\SC(=S)N(CCC)C2=O)c(C)c1. The molecule has 33 heavy (non-hydrogen) atoms. The van der Waals surface area contributed by atoms with Crippen molar-refractivity contribution >= 4 is 40.3 Å². The smallest absolute Gasteiger partial charge is 0.266 e. The van der Waals surface area contributed by atoms with Gasteiger partial charge in [-0.25, -0.2) is 4.68 Å². The highest BCUT2D eigenvalue weighted by atomic mass is 32.2. The predicted octanol–water partition coefficient (Wildman–Crippen LogP) is 6.02. The van der Waals surface area contributed by atoms with Crippen molar-refractivity contribution in [2.75, 3.05) is 13.2 Å². The summed E-state index contributed by atoms with van der Waals surface area (Å²) in [6, 6.07) is 15.8. The maximum absolute atomic E-state index is 12.9. The molecule has 1 saturated heterocycles. The minimum absolute atomic E-state index is 0.0462. The van der Waals surface area contributed by atoms with Crippen molar-refractivity contribution in [1.29, 1.82) is 0 Å². The van der Waals surface area contributed by atoms with E-state index in [0.29, 0.717) is 22.4 Å². The molecule has 2 heterocycles. The van der Waals surface area contributed by atoms with Gasteiger partial charge >= 0.3 is 0 Å². The second-order valence-electron chi connectivity index (χ2n) is 7.62. The summed E-state index contributed by atoms with van der Waals surface area (Å²) in [6.45, 7) is 8.84. The summed E-state index contributed by atoms with van der Waals surface area (Å²) in [5, 5.41) is 4.89. The summed E-state index contributed by atoms with van der Waals surface area (Å²) >= 11 is 6.78. The zero-order valence-electron chi connectivity index (χ0n) is 18.7. The van der Waals surface area contributed by atoms with Crippen LogP contribution in [0.15, 0.2) is 72.3 Å². The van der Waals surface area contributed by atoms with E-state index in [1.807, 2.05) is 79.3 Å². The topological polar surface area (TPSA) is 47.4 Å². The fraction of sp³-hybridized carbons (Fsp3) is 0.192. The zero-order valence-corrected chi connectivity index (χ0v) is 20.3. The van der Waals surface area contributed by atoms with Crippen molar-refractivity contribution in [1.82, 2.24) is 14.7 Å². The van der Waals surface area contributed by atoms with Gasteiger partial charge in [0.05, 0.1) is 10.6 Å². The van der Waals surface area contributed by atoms with Crippen LogP contribution < -0.4 is 4.74 Å². The molecule has 3 aromatic rings. The molecule has 1 aromatic heterocycles. The number of thioether (sulfide) groups is 1. The van der Waals surface area contributed by atoms with E-state index in [9.17, 15) is 4.79 Å². The van der Waals surface area contributed by atoms with Gasteiger partial charge in [0.1, 0.15) is 22.4 Å².